The molecule has 1 unspecified atom stereocenters. The van der Waals surface area contributed by atoms with Gasteiger partial charge in [-0.1, -0.05) is 6.92 Å². The average molecular weight is 268 g/mol. The normalized spacial score (nSPS) is 12.2. The molecule has 0 aliphatic carbocycles. The van der Waals surface area contributed by atoms with E-state index in [0.717, 1.165) is 24.6 Å². The van der Waals surface area contributed by atoms with Gasteiger partial charge >= 0.3 is 0 Å². The molecule has 1 aromatic heterocycles. The Labute approximate surface area is 114 Å². The maximum atomic E-state index is 8.88. The summed E-state index contributed by atoms with van der Waals surface area (Å²) in [5, 5.41) is 15.2. The van der Waals surface area contributed by atoms with Crippen LogP contribution in [0.2, 0.25) is 0 Å². The number of nitrogens with zero attached hydrogens (tertiary/aromatic N) is 2. The van der Waals surface area contributed by atoms with E-state index in [1.165, 1.54) is 0 Å². The lowest BCUT2D eigenvalue weighted by atomic mass is 10.1. The minimum Gasteiger partial charge on any atom is -0.396 e. The van der Waals surface area contributed by atoms with Crippen LogP contribution >= 0.6 is 0 Å². The summed E-state index contributed by atoms with van der Waals surface area (Å²) < 4.78 is 5.32. The van der Waals surface area contributed by atoms with Crippen molar-refractivity contribution in [3.05, 3.63) is 11.9 Å². The largest absolute Gasteiger partial charge is 0.396 e. The van der Waals surface area contributed by atoms with Gasteiger partial charge in [-0.05, 0) is 19.3 Å². The van der Waals surface area contributed by atoms with Crippen LogP contribution in [-0.4, -0.2) is 41.9 Å². The zero-order chi connectivity index (χ0) is 14.1. The Bertz CT molecular complexity index is 374. The second-order valence-electron chi connectivity index (χ2n) is 4.44. The van der Waals surface area contributed by atoms with Crippen LogP contribution < -0.4 is 10.6 Å². The van der Waals surface area contributed by atoms with E-state index >= 15 is 0 Å². The highest BCUT2D eigenvalue weighted by Gasteiger charge is 2.06. The minimum atomic E-state index is 0.212. The summed E-state index contributed by atoms with van der Waals surface area (Å²) in [6, 6.07) is 1.86. The number of nitrogens with one attached hydrogen (secondary N) is 2. The summed E-state index contributed by atoms with van der Waals surface area (Å²) in [5.41, 5.74) is 0. The second-order valence-corrected chi connectivity index (χ2v) is 4.44. The van der Waals surface area contributed by atoms with E-state index in [1.807, 2.05) is 20.0 Å². The van der Waals surface area contributed by atoms with Crippen molar-refractivity contribution in [2.45, 2.75) is 26.9 Å². The van der Waals surface area contributed by atoms with Gasteiger partial charge in [0.2, 0.25) is 0 Å². The van der Waals surface area contributed by atoms with Crippen LogP contribution in [0.25, 0.3) is 0 Å². The molecule has 0 saturated heterocycles. The van der Waals surface area contributed by atoms with E-state index in [-0.39, 0.29) is 6.61 Å². The monoisotopic (exact) mass is 268 g/mol. The van der Waals surface area contributed by atoms with Gasteiger partial charge in [-0.3, -0.25) is 0 Å². The Kier molecular flexibility index (Phi) is 7.14. The van der Waals surface area contributed by atoms with E-state index in [9.17, 15) is 0 Å². The van der Waals surface area contributed by atoms with Crippen molar-refractivity contribution in [2.24, 2.45) is 5.92 Å². The lowest BCUT2D eigenvalue weighted by Crippen LogP contribution is -2.14. The molecule has 6 heteroatoms. The highest BCUT2D eigenvalue weighted by molar-refractivity contribution is 5.47. The fourth-order valence-corrected chi connectivity index (χ4v) is 1.57. The second kappa shape index (κ2) is 8.66. The molecule has 0 saturated carbocycles. The van der Waals surface area contributed by atoms with Crippen molar-refractivity contribution in [3.8, 4) is 0 Å². The Morgan fingerprint density at radius 2 is 2.11 bits per heavy atom. The van der Waals surface area contributed by atoms with Crippen molar-refractivity contribution in [2.75, 3.05) is 37.4 Å². The van der Waals surface area contributed by atoms with Crippen LogP contribution in [0.3, 0.4) is 0 Å². The minimum absolute atomic E-state index is 0.212. The highest BCUT2D eigenvalue weighted by atomic mass is 16.5. The molecule has 0 bridgehead atoms. The number of aliphatic hydroxyl groups is 1. The molecular weight excluding hydrogens is 244 g/mol. The maximum absolute atomic E-state index is 8.88. The average Bonchev–Trinajstić information content (AvgIpc) is 2.43. The Hall–Kier alpha value is -1.40. The van der Waals surface area contributed by atoms with Crippen molar-refractivity contribution in [3.63, 3.8) is 0 Å². The summed E-state index contributed by atoms with van der Waals surface area (Å²) in [4.78, 5) is 8.73. The fourth-order valence-electron chi connectivity index (χ4n) is 1.57. The number of ether oxygens (including phenoxy) is 1. The van der Waals surface area contributed by atoms with Gasteiger partial charge in [0.1, 0.15) is 18.2 Å². The first-order valence-corrected chi connectivity index (χ1v) is 6.67. The molecule has 0 aliphatic rings. The Morgan fingerprint density at radius 3 is 2.74 bits per heavy atom. The number of aliphatic hydroxyl groups excluding tert-OH is 1. The predicted octanol–water partition coefficient (Wildman–Crippen LogP) is 1.49. The van der Waals surface area contributed by atoms with Crippen LogP contribution in [-0.2, 0) is 11.3 Å². The maximum Gasteiger partial charge on any atom is 0.158 e. The van der Waals surface area contributed by atoms with Crippen molar-refractivity contribution >= 4 is 11.6 Å². The van der Waals surface area contributed by atoms with E-state index in [1.54, 1.807) is 0 Å². The van der Waals surface area contributed by atoms with Gasteiger partial charge in [0, 0.05) is 32.9 Å². The van der Waals surface area contributed by atoms with Gasteiger partial charge in [0.25, 0.3) is 0 Å². The van der Waals surface area contributed by atoms with Gasteiger partial charge in [-0.2, -0.15) is 0 Å². The third-order valence-corrected chi connectivity index (χ3v) is 2.72. The van der Waals surface area contributed by atoms with Crippen LogP contribution in [0, 0.1) is 5.92 Å². The Morgan fingerprint density at radius 1 is 1.37 bits per heavy atom. The zero-order valence-electron chi connectivity index (χ0n) is 11.9. The van der Waals surface area contributed by atoms with Crippen molar-refractivity contribution < 1.29 is 9.84 Å². The van der Waals surface area contributed by atoms with Gasteiger partial charge in [0.15, 0.2) is 5.82 Å². The standard InChI is InChI=1S/C13H24N4O2/c1-4-19-9-13-16-11(14-3)7-12(17-13)15-8-10(2)5-6-18/h7,10,18H,4-6,8-9H2,1-3H3,(H2,14,15,16,17). The molecule has 1 aromatic rings. The third-order valence-electron chi connectivity index (χ3n) is 2.72. The molecule has 0 aliphatic heterocycles. The SMILES string of the molecule is CCOCc1nc(NC)cc(NCC(C)CCO)n1. The zero-order valence-corrected chi connectivity index (χ0v) is 11.9. The predicted molar refractivity (Wildman–Crippen MR) is 76.3 cm³/mol. The number of anilines is 2. The number of aromatic nitrogens is 2. The molecular formula is C13H24N4O2. The third kappa shape index (κ3) is 5.85. The van der Waals surface area contributed by atoms with Crippen LogP contribution in [0.4, 0.5) is 11.6 Å². The molecule has 1 rings (SSSR count). The van der Waals surface area contributed by atoms with E-state index in [2.05, 4.69) is 27.5 Å². The quantitative estimate of drug-likeness (QED) is 0.629. The molecule has 1 heterocycles. The van der Waals surface area contributed by atoms with Crippen molar-refractivity contribution in [1.82, 2.24) is 9.97 Å². The van der Waals surface area contributed by atoms with Gasteiger partial charge in [-0.15, -0.1) is 0 Å². The molecule has 1 atom stereocenters. The number of hydrogen-bond acceptors (Lipinski definition) is 6. The first kappa shape index (κ1) is 15.7. The lowest BCUT2D eigenvalue weighted by Gasteiger charge is -2.13. The smallest absolute Gasteiger partial charge is 0.158 e. The summed E-state index contributed by atoms with van der Waals surface area (Å²) in [6.45, 7) is 6.07. The molecule has 3 N–H and O–H groups in total. The first-order valence-electron chi connectivity index (χ1n) is 6.67. The summed E-state index contributed by atoms with van der Waals surface area (Å²) in [7, 11) is 1.82. The van der Waals surface area contributed by atoms with Crippen LogP contribution in [0.15, 0.2) is 6.07 Å². The molecule has 6 nitrogen and oxygen atoms in total. The molecule has 0 amide bonds. The van der Waals surface area contributed by atoms with E-state index in [0.29, 0.717) is 25.0 Å². The van der Waals surface area contributed by atoms with Gasteiger partial charge < -0.3 is 20.5 Å². The molecule has 0 radical (unpaired) electrons. The van der Waals surface area contributed by atoms with Crippen LogP contribution in [0.5, 0.6) is 0 Å². The topological polar surface area (TPSA) is 79.3 Å². The summed E-state index contributed by atoms with van der Waals surface area (Å²) >= 11 is 0. The Balaban J connectivity index is 2.65. The molecule has 0 spiro atoms. The van der Waals surface area contributed by atoms with Gasteiger partial charge in [-0.25, -0.2) is 9.97 Å². The van der Waals surface area contributed by atoms with E-state index < -0.39 is 0 Å². The summed E-state index contributed by atoms with van der Waals surface area (Å²) in [6.07, 6.45) is 0.781. The number of hydrogen-bond donors (Lipinski definition) is 3. The first-order chi connectivity index (χ1) is 9.19. The number of rotatable bonds is 9. The van der Waals surface area contributed by atoms with Crippen LogP contribution in [0.1, 0.15) is 26.1 Å². The molecule has 0 aromatic carbocycles. The van der Waals surface area contributed by atoms with Crippen molar-refractivity contribution in [1.29, 1.82) is 0 Å². The molecule has 19 heavy (non-hydrogen) atoms. The lowest BCUT2D eigenvalue weighted by molar-refractivity contribution is 0.128. The highest BCUT2D eigenvalue weighted by Crippen LogP contribution is 2.12. The fraction of sp³-hybridized carbons (Fsp3) is 0.692. The molecule has 0 fully saturated rings. The summed E-state index contributed by atoms with van der Waals surface area (Å²) in [5.74, 6) is 2.60. The van der Waals surface area contributed by atoms with E-state index in [4.69, 9.17) is 9.84 Å². The molecule has 108 valence electrons. The van der Waals surface area contributed by atoms with Gasteiger partial charge in [0.05, 0.1) is 0 Å².